The van der Waals surface area contributed by atoms with Crippen LogP contribution in [-0.4, -0.2) is 52.6 Å². The van der Waals surface area contributed by atoms with Gasteiger partial charge in [0.1, 0.15) is 11.7 Å². The van der Waals surface area contributed by atoms with Crippen LogP contribution in [0.3, 0.4) is 0 Å². The van der Waals surface area contributed by atoms with Crippen LogP contribution in [0.5, 0.6) is 0 Å². The highest BCUT2D eigenvalue weighted by molar-refractivity contribution is 5.39. The normalized spacial score (nSPS) is 54.4. The monoisotopic (exact) mass is 204 g/mol. The zero-order valence-electron chi connectivity index (χ0n) is 8.52. The highest BCUT2D eigenvalue weighted by Gasteiger charge is 2.92. The number of hydrogen-bond acceptors (Lipinski definition) is 5. The minimum absolute atomic E-state index is 0.331. The fourth-order valence-electron chi connectivity index (χ4n) is 2.77. The van der Waals surface area contributed by atoms with E-state index in [1.807, 2.05) is 0 Å². The fraction of sp³-hybridized carbons (Fsp3) is 1.00. The van der Waals surface area contributed by atoms with Crippen LogP contribution in [0, 0.1) is 5.41 Å². The molecule has 0 unspecified atom stereocenters. The van der Waals surface area contributed by atoms with Crippen LogP contribution < -0.4 is 0 Å². The summed E-state index contributed by atoms with van der Waals surface area (Å²) in [4.78, 5) is 0. The number of aliphatic hydroxyl groups excluding tert-OH is 1. The molecule has 0 amide bonds. The predicted octanol–water partition coefficient (Wildman–Crippen LogP) is -1.15. The smallest absolute Gasteiger partial charge is 0.190 e. The lowest BCUT2D eigenvalue weighted by atomic mass is 10.0. The first-order chi connectivity index (χ1) is 6.37. The Hall–Kier alpha value is -0.200. The highest BCUT2D eigenvalue weighted by atomic mass is 16.7. The van der Waals surface area contributed by atoms with E-state index in [1.165, 1.54) is 7.11 Å². The molecule has 2 rings (SSSR count). The van der Waals surface area contributed by atoms with E-state index in [9.17, 15) is 10.2 Å². The number of hydrogen-bond donors (Lipinski definition) is 3. The van der Waals surface area contributed by atoms with E-state index >= 15 is 0 Å². The first kappa shape index (κ1) is 10.3. The van der Waals surface area contributed by atoms with Crippen molar-refractivity contribution in [3.63, 3.8) is 0 Å². The molecule has 82 valence electrons. The van der Waals surface area contributed by atoms with E-state index in [4.69, 9.17) is 14.6 Å². The van der Waals surface area contributed by atoms with E-state index in [0.717, 1.165) is 0 Å². The van der Waals surface area contributed by atoms with Gasteiger partial charge in [-0.25, -0.2) is 0 Å². The van der Waals surface area contributed by atoms with Crippen molar-refractivity contribution in [2.75, 3.05) is 13.7 Å². The van der Waals surface area contributed by atoms with E-state index in [1.54, 1.807) is 13.8 Å². The predicted molar refractivity (Wildman–Crippen MR) is 46.4 cm³/mol. The lowest BCUT2D eigenvalue weighted by molar-refractivity contribution is -0.200. The van der Waals surface area contributed by atoms with Gasteiger partial charge in [-0.3, -0.25) is 0 Å². The molecule has 1 saturated heterocycles. The van der Waals surface area contributed by atoms with E-state index in [2.05, 4.69) is 0 Å². The molecule has 1 saturated carbocycles. The Kier molecular flexibility index (Phi) is 1.83. The van der Waals surface area contributed by atoms with Gasteiger partial charge in [-0.1, -0.05) is 13.8 Å². The molecule has 2 fully saturated rings. The summed E-state index contributed by atoms with van der Waals surface area (Å²) in [6.45, 7) is 3.12. The van der Waals surface area contributed by atoms with Crippen LogP contribution in [0.25, 0.3) is 0 Å². The Morgan fingerprint density at radius 3 is 2.14 bits per heavy atom. The zero-order valence-corrected chi connectivity index (χ0v) is 8.52. The molecule has 0 radical (unpaired) electrons. The first-order valence-corrected chi connectivity index (χ1v) is 4.61. The Bertz CT molecular complexity index is 242. The Morgan fingerprint density at radius 1 is 1.29 bits per heavy atom. The van der Waals surface area contributed by atoms with Crippen LogP contribution in [0.15, 0.2) is 0 Å². The molecule has 2 aliphatic rings. The average molecular weight is 204 g/mol. The first-order valence-electron chi connectivity index (χ1n) is 4.61. The van der Waals surface area contributed by atoms with Crippen LogP contribution >= 0.6 is 0 Å². The minimum Gasteiger partial charge on any atom is -0.394 e. The Labute approximate surface area is 82.3 Å². The van der Waals surface area contributed by atoms with Crippen molar-refractivity contribution >= 4 is 0 Å². The molecule has 5 heteroatoms. The van der Waals surface area contributed by atoms with Crippen LogP contribution in [-0.2, 0) is 9.47 Å². The zero-order chi connectivity index (χ0) is 10.8. The lowest BCUT2D eigenvalue weighted by Gasteiger charge is -2.24. The number of fused-ring (bicyclic) bond motifs is 1. The van der Waals surface area contributed by atoms with Gasteiger partial charge in [-0.2, -0.15) is 0 Å². The molecule has 1 heterocycles. The number of aliphatic hydroxyl groups is 3. The topological polar surface area (TPSA) is 79.2 Å². The van der Waals surface area contributed by atoms with E-state index < -0.39 is 29.0 Å². The lowest BCUT2D eigenvalue weighted by Crippen LogP contribution is -2.36. The van der Waals surface area contributed by atoms with Gasteiger partial charge >= 0.3 is 0 Å². The summed E-state index contributed by atoms with van der Waals surface area (Å²) in [5, 5.41) is 29.4. The third-order valence-electron chi connectivity index (χ3n) is 3.90. The van der Waals surface area contributed by atoms with Crippen molar-refractivity contribution in [3.8, 4) is 0 Å². The molecule has 3 N–H and O–H groups in total. The number of methoxy groups -OCH3 is 1. The number of rotatable bonds is 2. The third-order valence-corrected chi connectivity index (χ3v) is 3.90. The summed E-state index contributed by atoms with van der Waals surface area (Å²) < 4.78 is 10.1. The third kappa shape index (κ3) is 0.686. The van der Waals surface area contributed by atoms with Gasteiger partial charge in [0.2, 0.25) is 0 Å². The molecular weight excluding hydrogens is 188 g/mol. The van der Waals surface area contributed by atoms with E-state index in [-0.39, 0.29) is 6.61 Å². The minimum atomic E-state index is -1.41. The molecule has 0 aromatic carbocycles. The van der Waals surface area contributed by atoms with Gasteiger partial charge in [-0.05, 0) is 0 Å². The van der Waals surface area contributed by atoms with Crippen molar-refractivity contribution in [2.45, 2.75) is 37.4 Å². The van der Waals surface area contributed by atoms with Crippen molar-refractivity contribution in [1.82, 2.24) is 0 Å². The van der Waals surface area contributed by atoms with Crippen LogP contribution in [0.4, 0.5) is 0 Å². The van der Waals surface area contributed by atoms with Gasteiger partial charge in [0.05, 0.1) is 6.61 Å². The molecule has 0 aromatic heterocycles. The summed E-state index contributed by atoms with van der Waals surface area (Å²) >= 11 is 0. The van der Waals surface area contributed by atoms with Gasteiger partial charge in [0.25, 0.3) is 0 Å². The summed E-state index contributed by atoms with van der Waals surface area (Å²) in [7, 11) is 1.40. The van der Waals surface area contributed by atoms with Crippen LogP contribution in [0.2, 0.25) is 0 Å². The van der Waals surface area contributed by atoms with Gasteiger partial charge < -0.3 is 24.8 Å². The molecule has 0 spiro atoms. The second kappa shape index (κ2) is 2.48. The summed E-state index contributed by atoms with van der Waals surface area (Å²) in [5.41, 5.74) is -3.54. The van der Waals surface area contributed by atoms with E-state index in [0.29, 0.717) is 0 Å². The molecule has 14 heavy (non-hydrogen) atoms. The maximum atomic E-state index is 10.2. The highest BCUT2D eigenvalue weighted by Crippen LogP contribution is 2.72. The van der Waals surface area contributed by atoms with Gasteiger partial charge in [-0.15, -0.1) is 0 Å². The molecule has 4 atom stereocenters. The number of ether oxygens (including phenoxy) is 2. The second-order valence-electron chi connectivity index (χ2n) is 4.53. The molecule has 1 aliphatic carbocycles. The molecule has 1 aliphatic heterocycles. The molecular formula is C9H16O5. The van der Waals surface area contributed by atoms with Gasteiger partial charge in [0, 0.05) is 12.5 Å². The Balaban J connectivity index is 2.37. The van der Waals surface area contributed by atoms with Crippen molar-refractivity contribution in [1.29, 1.82) is 0 Å². The second-order valence-corrected chi connectivity index (χ2v) is 4.53. The quantitative estimate of drug-likeness (QED) is 0.529. The van der Waals surface area contributed by atoms with Crippen molar-refractivity contribution in [2.24, 2.45) is 5.41 Å². The molecule has 5 nitrogen and oxygen atoms in total. The summed E-state index contributed by atoms with van der Waals surface area (Å²) in [6.07, 6.45) is -1.66. The Morgan fingerprint density at radius 2 is 1.86 bits per heavy atom. The standard InChI is InChI=1S/C9H16O5/c1-7(2)8(11)5(4-10)14-6(13-3)9(7,8)12/h5-6,10-12H,4H2,1-3H3/t5-,6-,8+,9-/m0/s1. The molecule has 0 bridgehead atoms. The fourth-order valence-corrected chi connectivity index (χ4v) is 2.77. The summed E-state index contributed by atoms with van der Waals surface area (Å²) in [5.74, 6) is 0. The van der Waals surface area contributed by atoms with Crippen molar-refractivity contribution in [3.05, 3.63) is 0 Å². The summed E-state index contributed by atoms with van der Waals surface area (Å²) in [6, 6.07) is 0. The average Bonchev–Trinajstić information content (AvgIpc) is 2.42. The maximum Gasteiger partial charge on any atom is 0.190 e. The van der Waals surface area contributed by atoms with Gasteiger partial charge in [0.15, 0.2) is 11.9 Å². The SMILES string of the molecule is CO[C@H]1O[C@@H](CO)[C@@]2(O)C(C)(C)[C@@]12O. The van der Waals surface area contributed by atoms with Crippen molar-refractivity contribution < 1.29 is 24.8 Å². The molecule has 0 aromatic rings. The largest absolute Gasteiger partial charge is 0.394 e. The van der Waals surface area contributed by atoms with Crippen LogP contribution in [0.1, 0.15) is 13.8 Å². The maximum absolute atomic E-state index is 10.2.